The fraction of sp³-hybridized carbons (Fsp3) is 0.529. The largest absolute Gasteiger partial charge is 0.444 e. The number of anilines is 1. The van der Waals surface area contributed by atoms with Crippen LogP contribution in [0.15, 0.2) is 12.1 Å². The lowest BCUT2D eigenvalue weighted by Crippen LogP contribution is -2.50. The molecule has 1 aliphatic heterocycles. The number of carbonyl (C=O) groups excluding carboxylic acids is 3. The Morgan fingerprint density at radius 3 is 2.36 bits per heavy atom. The van der Waals surface area contributed by atoms with Gasteiger partial charge in [-0.05, 0) is 32.9 Å². The Labute approximate surface area is 147 Å². The number of hydrogen-bond donors (Lipinski definition) is 1. The first-order valence-electron chi connectivity index (χ1n) is 8.16. The van der Waals surface area contributed by atoms with E-state index in [0.29, 0.717) is 38.2 Å². The average molecular weight is 348 g/mol. The van der Waals surface area contributed by atoms with Crippen LogP contribution in [0.2, 0.25) is 0 Å². The Hall–Kier alpha value is -2.64. The van der Waals surface area contributed by atoms with E-state index in [4.69, 9.17) is 4.74 Å². The molecule has 8 heteroatoms. The van der Waals surface area contributed by atoms with Crippen LogP contribution in [0.25, 0.3) is 0 Å². The number of amides is 2. The molecule has 0 aromatic carbocycles. The van der Waals surface area contributed by atoms with Crippen molar-refractivity contribution in [3.8, 4) is 0 Å². The summed E-state index contributed by atoms with van der Waals surface area (Å²) in [5.74, 6) is -0.343. The predicted octanol–water partition coefficient (Wildman–Crippen LogP) is 1.31. The van der Waals surface area contributed by atoms with Gasteiger partial charge in [-0.25, -0.2) is 9.78 Å². The number of nitrogens with one attached hydrogen (secondary N) is 1. The lowest BCUT2D eigenvalue weighted by atomic mass is 10.2. The fourth-order valence-corrected chi connectivity index (χ4v) is 2.53. The Morgan fingerprint density at radius 2 is 1.84 bits per heavy atom. The monoisotopic (exact) mass is 348 g/mol. The van der Waals surface area contributed by atoms with Gasteiger partial charge in [-0.15, -0.1) is 0 Å². The molecule has 0 saturated carbocycles. The van der Waals surface area contributed by atoms with Gasteiger partial charge in [-0.1, -0.05) is 0 Å². The number of carbonyl (C=O) groups is 3. The summed E-state index contributed by atoms with van der Waals surface area (Å²) in [6.45, 7) is 7.59. The zero-order valence-corrected chi connectivity index (χ0v) is 15.0. The van der Waals surface area contributed by atoms with Crippen molar-refractivity contribution in [3.63, 3.8) is 0 Å². The van der Waals surface area contributed by atoms with E-state index < -0.39 is 5.60 Å². The molecule has 0 aliphatic carbocycles. The van der Waals surface area contributed by atoms with E-state index in [1.165, 1.54) is 7.05 Å². The molecule has 2 amide bonds. The second-order valence-corrected chi connectivity index (χ2v) is 6.75. The minimum Gasteiger partial charge on any atom is -0.444 e. The second-order valence-electron chi connectivity index (χ2n) is 6.75. The lowest BCUT2D eigenvalue weighted by Gasteiger charge is -2.37. The van der Waals surface area contributed by atoms with Gasteiger partial charge in [0.25, 0.3) is 5.91 Å². The molecule has 1 N–H and O–H groups in total. The molecule has 0 bridgehead atoms. The van der Waals surface area contributed by atoms with Gasteiger partial charge in [0.05, 0.1) is 5.69 Å². The maximum absolute atomic E-state index is 12.1. The molecule has 1 aromatic rings. The topological polar surface area (TPSA) is 91.8 Å². The van der Waals surface area contributed by atoms with Crippen molar-refractivity contribution in [2.24, 2.45) is 0 Å². The van der Waals surface area contributed by atoms with E-state index in [-0.39, 0.29) is 23.4 Å². The minimum absolute atomic E-state index is 0.195. The van der Waals surface area contributed by atoms with Gasteiger partial charge in [0.1, 0.15) is 17.0 Å². The van der Waals surface area contributed by atoms with E-state index in [0.717, 1.165) is 0 Å². The number of hydrogen-bond acceptors (Lipinski definition) is 6. The van der Waals surface area contributed by atoms with Crippen LogP contribution in [0.3, 0.4) is 0 Å². The Bertz CT molecular complexity index is 661. The van der Waals surface area contributed by atoms with Crippen molar-refractivity contribution in [3.05, 3.63) is 23.5 Å². The van der Waals surface area contributed by atoms with Crippen molar-refractivity contribution in [1.82, 2.24) is 15.2 Å². The SMILES string of the molecule is CNC(=O)c1ccc(N2CCN(C(=O)OC(C)(C)C)CC2)c(C=O)n1. The molecule has 1 fully saturated rings. The van der Waals surface area contributed by atoms with Crippen LogP contribution in [0.1, 0.15) is 41.7 Å². The van der Waals surface area contributed by atoms with Crippen molar-refractivity contribution >= 4 is 24.0 Å². The molecule has 136 valence electrons. The van der Waals surface area contributed by atoms with Crippen molar-refractivity contribution in [2.75, 3.05) is 38.1 Å². The molecular formula is C17H24N4O4. The maximum Gasteiger partial charge on any atom is 0.410 e. The third-order valence-corrected chi connectivity index (χ3v) is 3.75. The molecule has 2 rings (SSSR count). The highest BCUT2D eigenvalue weighted by Gasteiger charge is 2.27. The standard InChI is InChI=1S/C17H24N4O4/c1-17(2,3)25-16(24)21-9-7-20(8-10-21)14-6-5-12(15(23)18-4)19-13(14)11-22/h5-6,11H,7-10H2,1-4H3,(H,18,23). The molecule has 1 aliphatic rings. The van der Waals surface area contributed by atoms with Gasteiger partial charge in [0.15, 0.2) is 6.29 Å². The summed E-state index contributed by atoms with van der Waals surface area (Å²) in [7, 11) is 1.51. The number of aromatic nitrogens is 1. The van der Waals surface area contributed by atoms with Gasteiger partial charge in [0, 0.05) is 33.2 Å². The van der Waals surface area contributed by atoms with E-state index in [9.17, 15) is 14.4 Å². The second kappa shape index (κ2) is 7.50. The molecule has 0 unspecified atom stereocenters. The summed E-state index contributed by atoms with van der Waals surface area (Å²) < 4.78 is 5.37. The highest BCUT2D eigenvalue weighted by atomic mass is 16.6. The first-order chi connectivity index (χ1) is 11.7. The smallest absolute Gasteiger partial charge is 0.410 e. The molecule has 0 spiro atoms. The molecular weight excluding hydrogens is 324 g/mol. The molecule has 0 atom stereocenters. The number of piperazine rings is 1. The quantitative estimate of drug-likeness (QED) is 0.828. The van der Waals surface area contributed by atoms with Crippen molar-refractivity contribution in [2.45, 2.75) is 26.4 Å². The number of nitrogens with zero attached hydrogens (tertiary/aromatic N) is 3. The highest BCUT2D eigenvalue weighted by molar-refractivity contribution is 5.94. The zero-order chi connectivity index (χ0) is 18.6. The van der Waals surface area contributed by atoms with E-state index in [1.807, 2.05) is 25.7 Å². The van der Waals surface area contributed by atoms with Crippen molar-refractivity contribution < 1.29 is 19.1 Å². The first-order valence-corrected chi connectivity index (χ1v) is 8.16. The summed E-state index contributed by atoms with van der Waals surface area (Å²) in [5, 5.41) is 2.48. The Kier molecular flexibility index (Phi) is 5.61. The molecule has 1 saturated heterocycles. The lowest BCUT2D eigenvalue weighted by molar-refractivity contribution is 0.0240. The highest BCUT2D eigenvalue weighted by Crippen LogP contribution is 2.21. The Morgan fingerprint density at radius 1 is 1.20 bits per heavy atom. The summed E-state index contributed by atoms with van der Waals surface area (Å²) in [6, 6.07) is 3.30. The predicted molar refractivity (Wildman–Crippen MR) is 93.0 cm³/mol. The number of rotatable bonds is 3. The van der Waals surface area contributed by atoms with Crippen LogP contribution in [-0.2, 0) is 4.74 Å². The average Bonchev–Trinajstić information content (AvgIpc) is 2.59. The first kappa shape index (κ1) is 18.7. The summed E-state index contributed by atoms with van der Waals surface area (Å²) in [5.41, 5.74) is 0.539. The number of ether oxygens (including phenoxy) is 1. The van der Waals surface area contributed by atoms with Gasteiger partial charge >= 0.3 is 6.09 Å². The van der Waals surface area contributed by atoms with Crippen LogP contribution in [-0.4, -0.2) is 67.0 Å². The van der Waals surface area contributed by atoms with E-state index >= 15 is 0 Å². The Balaban J connectivity index is 2.06. The van der Waals surface area contributed by atoms with E-state index in [1.54, 1.807) is 17.0 Å². The van der Waals surface area contributed by atoms with Gasteiger partial charge in [-0.2, -0.15) is 0 Å². The van der Waals surface area contributed by atoms with Gasteiger partial charge in [-0.3, -0.25) is 9.59 Å². The minimum atomic E-state index is -0.529. The summed E-state index contributed by atoms with van der Waals surface area (Å²) in [6.07, 6.45) is 0.304. The van der Waals surface area contributed by atoms with Crippen LogP contribution in [0.5, 0.6) is 0 Å². The molecule has 2 heterocycles. The van der Waals surface area contributed by atoms with Gasteiger partial charge < -0.3 is 19.9 Å². The van der Waals surface area contributed by atoms with E-state index in [2.05, 4.69) is 10.3 Å². The molecule has 25 heavy (non-hydrogen) atoms. The zero-order valence-electron chi connectivity index (χ0n) is 15.0. The van der Waals surface area contributed by atoms with Crippen LogP contribution < -0.4 is 10.2 Å². The number of pyridine rings is 1. The fourth-order valence-electron chi connectivity index (χ4n) is 2.53. The van der Waals surface area contributed by atoms with Crippen LogP contribution in [0, 0.1) is 0 Å². The molecule has 1 aromatic heterocycles. The van der Waals surface area contributed by atoms with Crippen molar-refractivity contribution in [1.29, 1.82) is 0 Å². The third kappa shape index (κ3) is 4.68. The number of aldehydes is 1. The maximum atomic E-state index is 12.1. The van der Waals surface area contributed by atoms with Gasteiger partial charge in [0.2, 0.25) is 0 Å². The summed E-state index contributed by atoms with van der Waals surface area (Å²) >= 11 is 0. The molecule has 0 radical (unpaired) electrons. The molecule has 8 nitrogen and oxygen atoms in total. The summed E-state index contributed by atoms with van der Waals surface area (Å²) in [4.78, 5) is 42.8. The third-order valence-electron chi connectivity index (χ3n) is 3.75. The van der Waals surface area contributed by atoms with Crippen LogP contribution >= 0.6 is 0 Å². The normalized spacial score (nSPS) is 14.9. The van der Waals surface area contributed by atoms with Crippen LogP contribution in [0.4, 0.5) is 10.5 Å².